The number of halogens is 3. The Balaban J connectivity index is 2.74. The number of aromatic nitrogens is 2. The van der Waals surface area contributed by atoms with Crippen molar-refractivity contribution in [2.24, 2.45) is 5.84 Å². The predicted octanol–water partition coefficient (Wildman–Crippen LogP) is 1.23. The fourth-order valence-corrected chi connectivity index (χ4v) is 1.43. The van der Waals surface area contributed by atoms with Gasteiger partial charge in [0.1, 0.15) is 11.9 Å². The van der Waals surface area contributed by atoms with Gasteiger partial charge < -0.3 is 4.57 Å². The van der Waals surface area contributed by atoms with Crippen LogP contribution in [0.4, 0.5) is 13.2 Å². The Kier molecular flexibility index (Phi) is 4.31. The Morgan fingerprint density at radius 3 is 2.75 bits per heavy atom. The molecule has 0 amide bonds. The summed E-state index contributed by atoms with van der Waals surface area (Å²) in [5.41, 5.74) is 1.77. The molecule has 0 aliphatic heterocycles. The molecule has 16 heavy (non-hydrogen) atoms. The van der Waals surface area contributed by atoms with Crippen molar-refractivity contribution in [2.75, 3.05) is 0 Å². The summed E-state index contributed by atoms with van der Waals surface area (Å²) >= 11 is 0. The average molecular weight is 236 g/mol. The zero-order valence-corrected chi connectivity index (χ0v) is 8.96. The Labute approximate surface area is 91.6 Å². The van der Waals surface area contributed by atoms with Crippen LogP contribution in [-0.4, -0.2) is 21.8 Å². The Bertz CT molecular complexity index is 321. The maximum atomic E-state index is 12.5. The lowest BCUT2D eigenvalue weighted by atomic mass is 10.2. The average Bonchev–Trinajstić information content (AvgIpc) is 2.60. The number of hydrogen-bond acceptors (Lipinski definition) is 3. The van der Waals surface area contributed by atoms with Gasteiger partial charge in [0.15, 0.2) is 0 Å². The summed E-state index contributed by atoms with van der Waals surface area (Å²) in [6.45, 7) is 2.61. The first-order chi connectivity index (χ1) is 7.49. The van der Waals surface area contributed by atoms with E-state index in [4.69, 9.17) is 5.84 Å². The van der Waals surface area contributed by atoms with E-state index in [0.717, 1.165) is 6.42 Å². The van der Waals surface area contributed by atoms with E-state index in [-0.39, 0.29) is 6.42 Å². The first-order valence-corrected chi connectivity index (χ1v) is 5.02. The molecule has 1 aromatic rings. The van der Waals surface area contributed by atoms with Crippen LogP contribution in [0.15, 0.2) is 12.4 Å². The summed E-state index contributed by atoms with van der Waals surface area (Å²) in [5.74, 6) is 5.28. The van der Waals surface area contributed by atoms with Gasteiger partial charge in [-0.15, -0.1) is 0 Å². The van der Waals surface area contributed by atoms with E-state index in [1.807, 2.05) is 6.92 Å². The summed E-state index contributed by atoms with van der Waals surface area (Å²) in [6.07, 6.45) is -0.613. The Morgan fingerprint density at radius 2 is 2.25 bits per heavy atom. The van der Waals surface area contributed by atoms with Gasteiger partial charge in [0, 0.05) is 25.4 Å². The minimum Gasteiger partial charge on any atom is -0.335 e. The van der Waals surface area contributed by atoms with Crippen LogP contribution < -0.4 is 11.3 Å². The fourth-order valence-electron chi connectivity index (χ4n) is 1.43. The molecule has 3 N–H and O–H groups in total. The van der Waals surface area contributed by atoms with Gasteiger partial charge in [-0.25, -0.2) is 10.4 Å². The zero-order valence-electron chi connectivity index (χ0n) is 8.96. The quantitative estimate of drug-likeness (QED) is 0.597. The maximum absolute atomic E-state index is 12.5. The second kappa shape index (κ2) is 5.31. The molecule has 0 aromatic carbocycles. The van der Waals surface area contributed by atoms with Gasteiger partial charge in [0.2, 0.25) is 0 Å². The van der Waals surface area contributed by atoms with E-state index < -0.39 is 12.2 Å². The van der Waals surface area contributed by atoms with Crippen LogP contribution in [-0.2, 0) is 13.0 Å². The van der Waals surface area contributed by atoms with Gasteiger partial charge in [-0.3, -0.25) is 5.84 Å². The van der Waals surface area contributed by atoms with Gasteiger partial charge >= 0.3 is 6.18 Å². The molecule has 7 heteroatoms. The normalized spacial score (nSPS) is 14.1. The molecule has 0 fully saturated rings. The van der Waals surface area contributed by atoms with E-state index in [2.05, 4.69) is 4.98 Å². The maximum Gasteiger partial charge on any atom is 0.405 e. The fraction of sp³-hybridized carbons (Fsp3) is 0.667. The smallest absolute Gasteiger partial charge is 0.335 e. The SMILES string of the molecule is CCCn1ccnc1CC(NN)C(F)(F)F. The van der Waals surface area contributed by atoms with Crippen molar-refractivity contribution in [3.8, 4) is 0 Å². The van der Waals surface area contributed by atoms with Crippen molar-refractivity contribution < 1.29 is 13.2 Å². The Hall–Kier alpha value is -1.08. The van der Waals surface area contributed by atoms with E-state index in [1.165, 1.54) is 6.20 Å². The molecule has 0 bridgehead atoms. The van der Waals surface area contributed by atoms with Crippen molar-refractivity contribution in [1.29, 1.82) is 0 Å². The molecule has 0 spiro atoms. The molecule has 92 valence electrons. The summed E-state index contributed by atoms with van der Waals surface area (Å²) in [7, 11) is 0. The highest BCUT2D eigenvalue weighted by Gasteiger charge is 2.39. The van der Waals surface area contributed by atoms with Crippen LogP contribution in [0, 0.1) is 0 Å². The molecule has 1 rings (SSSR count). The van der Waals surface area contributed by atoms with E-state index in [1.54, 1.807) is 16.2 Å². The molecule has 1 aromatic heterocycles. The van der Waals surface area contributed by atoms with E-state index in [9.17, 15) is 13.2 Å². The molecule has 1 heterocycles. The number of hydrazine groups is 1. The number of imidazole rings is 1. The standard InChI is InChI=1S/C9H15F3N4/c1-2-4-16-5-3-14-8(16)6-7(15-13)9(10,11)12/h3,5,7,15H,2,4,6,13H2,1H3. The minimum atomic E-state index is -4.36. The highest BCUT2D eigenvalue weighted by molar-refractivity contribution is 4.97. The van der Waals surface area contributed by atoms with Crippen LogP contribution in [0.5, 0.6) is 0 Å². The van der Waals surface area contributed by atoms with Crippen molar-refractivity contribution in [3.05, 3.63) is 18.2 Å². The summed E-state index contributed by atoms with van der Waals surface area (Å²) in [4.78, 5) is 3.90. The lowest BCUT2D eigenvalue weighted by Crippen LogP contribution is -2.47. The molecule has 0 saturated heterocycles. The van der Waals surface area contributed by atoms with Gasteiger partial charge in [-0.2, -0.15) is 13.2 Å². The van der Waals surface area contributed by atoms with Crippen LogP contribution in [0.3, 0.4) is 0 Å². The van der Waals surface area contributed by atoms with Crippen LogP contribution in [0.1, 0.15) is 19.2 Å². The largest absolute Gasteiger partial charge is 0.405 e. The highest BCUT2D eigenvalue weighted by atomic mass is 19.4. The second-order valence-electron chi connectivity index (χ2n) is 3.50. The third-order valence-corrected chi connectivity index (χ3v) is 2.25. The van der Waals surface area contributed by atoms with Crippen LogP contribution in [0.25, 0.3) is 0 Å². The van der Waals surface area contributed by atoms with Crippen molar-refractivity contribution in [3.63, 3.8) is 0 Å². The molecule has 1 atom stereocenters. The summed E-state index contributed by atoms with van der Waals surface area (Å²) in [6, 6.07) is -1.76. The lowest BCUT2D eigenvalue weighted by molar-refractivity contribution is -0.156. The van der Waals surface area contributed by atoms with Crippen molar-refractivity contribution in [1.82, 2.24) is 15.0 Å². The van der Waals surface area contributed by atoms with Gasteiger partial charge in [0.25, 0.3) is 0 Å². The van der Waals surface area contributed by atoms with Gasteiger partial charge in [-0.05, 0) is 6.42 Å². The van der Waals surface area contributed by atoms with Gasteiger partial charge in [-0.1, -0.05) is 6.92 Å². The first kappa shape index (κ1) is 13.0. The topological polar surface area (TPSA) is 55.9 Å². The first-order valence-electron chi connectivity index (χ1n) is 5.02. The molecule has 4 nitrogen and oxygen atoms in total. The zero-order chi connectivity index (χ0) is 12.2. The van der Waals surface area contributed by atoms with E-state index in [0.29, 0.717) is 12.4 Å². The molecule has 0 aliphatic rings. The number of rotatable bonds is 5. The third kappa shape index (κ3) is 3.21. The van der Waals surface area contributed by atoms with Gasteiger partial charge in [0.05, 0.1) is 0 Å². The molecular formula is C9H15F3N4. The number of alkyl halides is 3. The molecule has 0 radical (unpaired) electrons. The summed E-state index contributed by atoms with van der Waals surface area (Å²) < 4.78 is 39.1. The van der Waals surface area contributed by atoms with Crippen LogP contribution >= 0.6 is 0 Å². The second-order valence-corrected chi connectivity index (χ2v) is 3.50. The predicted molar refractivity (Wildman–Crippen MR) is 53.4 cm³/mol. The van der Waals surface area contributed by atoms with Crippen molar-refractivity contribution in [2.45, 2.75) is 38.5 Å². The Morgan fingerprint density at radius 1 is 1.56 bits per heavy atom. The third-order valence-electron chi connectivity index (χ3n) is 2.25. The number of aryl methyl sites for hydroxylation is 1. The van der Waals surface area contributed by atoms with E-state index >= 15 is 0 Å². The number of nitrogens with two attached hydrogens (primary N) is 1. The number of nitrogens with zero attached hydrogens (tertiary/aromatic N) is 2. The number of nitrogens with one attached hydrogen (secondary N) is 1. The molecule has 0 saturated carbocycles. The lowest BCUT2D eigenvalue weighted by Gasteiger charge is -2.19. The summed E-state index contributed by atoms with van der Waals surface area (Å²) in [5, 5.41) is 0. The highest BCUT2D eigenvalue weighted by Crippen LogP contribution is 2.22. The number of hydrogen-bond donors (Lipinski definition) is 2. The van der Waals surface area contributed by atoms with Crippen molar-refractivity contribution >= 4 is 0 Å². The van der Waals surface area contributed by atoms with Crippen LogP contribution in [0.2, 0.25) is 0 Å². The monoisotopic (exact) mass is 236 g/mol. The molecule has 0 aliphatic carbocycles. The molecular weight excluding hydrogens is 221 g/mol. The molecule has 1 unspecified atom stereocenters. The minimum absolute atomic E-state index is 0.257.